The summed E-state index contributed by atoms with van der Waals surface area (Å²) in [6, 6.07) is 0.152. The second-order valence-corrected chi connectivity index (χ2v) is 6.11. The summed E-state index contributed by atoms with van der Waals surface area (Å²) in [6.45, 7) is 9.66. The van der Waals surface area contributed by atoms with Crippen LogP contribution >= 0.6 is 0 Å². The molecule has 2 unspecified atom stereocenters. The molecule has 2 heterocycles. The summed E-state index contributed by atoms with van der Waals surface area (Å²) in [5.41, 5.74) is 0. The molecule has 2 aliphatic rings. The lowest BCUT2D eigenvalue weighted by Crippen LogP contribution is -2.52. The van der Waals surface area contributed by atoms with Crippen LogP contribution < -0.4 is 0 Å². The maximum Gasteiger partial charge on any atom is 0.320 e. The fraction of sp³-hybridized carbons (Fsp3) is 0.857. The van der Waals surface area contributed by atoms with Gasteiger partial charge in [0.2, 0.25) is 0 Å². The zero-order valence-corrected chi connectivity index (χ0v) is 12.4. The molecule has 2 atom stereocenters. The van der Waals surface area contributed by atoms with Gasteiger partial charge in [-0.15, -0.1) is 0 Å². The Morgan fingerprint density at radius 3 is 2.05 bits per heavy atom. The number of aliphatic carboxylic acids is 1. The minimum atomic E-state index is -0.761. The maximum atomic E-state index is 12.4. The van der Waals surface area contributed by atoms with Crippen molar-refractivity contribution in [3.05, 3.63) is 0 Å². The normalized spacial score (nSPS) is 27.9. The zero-order chi connectivity index (χ0) is 14.7. The van der Waals surface area contributed by atoms with E-state index in [9.17, 15) is 9.59 Å². The summed E-state index contributed by atoms with van der Waals surface area (Å²) in [6.07, 6.45) is 0.176. The van der Waals surface area contributed by atoms with Crippen LogP contribution in [0.3, 0.4) is 0 Å². The first-order valence-electron chi connectivity index (χ1n) is 7.45. The second-order valence-electron chi connectivity index (χ2n) is 6.11. The Labute approximate surface area is 120 Å². The van der Waals surface area contributed by atoms with Gasteiger partial charge >= 0.3 is 12.0 Å². The van der Waals surface area contributed by atoms with Crippen molar-refractivity contribution in [1.82, 2.24) is 14.7 Å². The molecule has 114 valence electrons. The van der Waals surface area contributed by atoms with Crippen LogP contribution in [0.4, 0.5) is 4.79 Å². The fourth-order valence-corrected chi connectivity index (χ4v) is 2.90. The first kappa shape index (κ1) is 15.1. The molecule has 2 amide bonds. The monoisotopic (exact) mass is 283 g/mol. The van der Waals surface area contributed by atoms with Crippen LogP contribution in [0.2, 0.25) is 0 Å². The number of piperazine rings is 1. The van der Waals surface area contributed by atoms with Crippen LogP contribution in [0.5, 0.6) is 0 Å². The number of likely N-dealkylation sites (tertiary alicyclic amines) is 1. The molecule has 0 aliphatic carbocycles. The van der Waals surface area contributed by atoms with Crippen LogP contribution in [0.25, 0.3) is 0 Å². The lowest BCUT2D eigenvalue weighted by atomic mass is 10.0. The van der Waals surface area contributed by atoms with Crippen molar-refractivity contribution in [1.29, 1.82) is 0 Å². The Bertz CT molecular complexity index is 357. The third-order valence-electron chi connectivity index (χ3n) is 4.54. The summed E-state index contributed by atoms with van der Waals surface area (Å²) in [4.78, 5) is 28.9. The molecule has 0 bridgehead atoms. The average Bonchev–Trinajstić information content (AvgIpc) is 2.76. The van der Waals surface area contributed by atoms with Gasteiger partial charge in [-0.05, 0) is 11.8 Å². The molecule has 1 N–H and O–H groups in total. The van der Waals surface area contributed by atoms with E-state index in [4.69, 9.17) is 5.11 Å². The van der Waals surface area contributed by atoms with Crippen molar-refractivity contribution in [2.45, 2.75) is 20.3 Å². The quantitative estimate of drug-likeness (QED) is 0.831. The Kier molecular flexibility index (Phi) is 4.86. The second kappa shape index (κ2) is 6.43. The lowest BCUT2D eigenvalue weighted by Gasteiger charge is -2.36. The number of rotatable bonds is 3. The Balaban J connectivity index is 1.76. The molecule has 2 saturated heterocycles. The fourth-order valence-electron chi connectivity index (χ4n) is 2.90. The Morgan fingerprint density at radius 1 is 1.00 bits per heavy atom. The molecule has 2 fully saturated rings. The number of nitrogens with zero attached hydrogens (tertiary/aromatic N) is 3. The van der Waals surface area contributed by atoms with E-state index in [0.717, 1.165) is 26.2 Å². The smallest absolute Gasteiger partial charge is 0.320 e. The van der Waals surface area contributed by atoms with E-state index < -0.39 is 5.97 Å². The first-order chi connectivity index (χ1) is 9.47. The largest absolute Gasteiger partial charge is 0.481 e. The van der Waals surface area contributed by atoms with Crippen LogP contribution in [0.1, 0.15) is 20.3 Å². The molecule has 2 aliphatic heterocycles. The van der Waals surface area contributed by atoms with Gasteiger partial charge < -0.3 is 14.9 Å². The number of amides is 2. The van der Waals surface area contributed by atoms with Gasteiger partial charge in [0.25, 0.3) is 0 Å². The highest BCUT2D eigenvalue weighted by Crippen LogP contribution is 2.23. The van der Waals surface area contributed by atoms with E-state index in [2.05, 4.69) is 18.7 Å². The zero-order valence-electron chi connectivity index (χ0n) is 12.4. The average molecular weight is 283 g/mol. The molecule has 2 rings (SSSR count). The maximum absolute atomic E-state index is 12.4. The molecule has 0 saturated carbocycles. The van der Waals surface area contributed by atoms with Crippen molar-refractivity contribution in [3.8, 4) is 0 Å². The predicted molar refractivity (Wildman–Crippen MR) is 75.6 cm³/mol. The van der Waals surface area contributed by atoms with Crippen molar-refractivity contribution in [2.75, 3.05) is 45.8 Å². The molecular formula is C14H25N3O3. The van der Waals surface area contributed by atoms with Gasteiger partial charge in [-0.2, -0.15) is 0 Å². The molecule has 0 aromatic carbocycles. The van der Waals surface area contributed by atoms with Gasteiger partial charge in [-0.25, -0.2) is 4.79 Å². The predicted octanol–water partition coefficient (Wildman–Crippen LogP) is 0.786. The first-order valence-corrected chi connectivity index (χ1v) is 7.45. The number of carboxylic acids is 1. The summed E-state index contributed by atoms with van der Waals surface area (Å²) in [7, 11) is 0. The van der Waals surface area contributed by atoms with Crippen LogP contribution in [0.15, 0.2) is 0 Å². The van der Waals surface area contributed by atoms with Gasteiger partial charge in [0.1, 0.15) is 0 Å². The molecule has 20 heavy (non-hydrogen) atoms. The minimum Gasteiger partial charge on any atom is -0.481 e. The lowest BCUT2D eigenvalue weighted by molar-refractivity contribution is -0.137. The van der Waals surface area contributed by atoms with Gasteiger partial charge in [0.05, 0.1) is 6.42 Å². The Hall–Kier alpha value is -1.30. The molecular weight excluding hydrogens is 258 g/mol. The van der Waals surface area contributed by atoms with Gasteiger partial charge in [-0.1, -0.05) is 13.8 Å². The van der Waals surface area contributed by atoms with E-state index in [1.807, 2.05) is 9.80 Å². The Morgan fingerprint density at radius 2 is 1.55 bits per heavy atom. The third-order valence-corrected chi connectivity index (χ3v) is 4.54. The highest BCUT2D eigenvalue weighted by atomic mass is 16.4. The summed E-state index contributed by atoms with van der Waals surface area (Å²) >= 11 is 0. The number of carbonyl (C=O) groups excluding carboxylic acids is 1. The van der Waals surface area contributed by atoms with E-state index >= 15 is 0 Å². The van der Waals surface area contributed by atoms with Crippen molar-refractivity contribution in [3.63, 3.8) is 0 Å². The van der Waals surface area contributed by atoms with E-state index in [-0.39, 0.29) is 12.5 Å². The van der Waals surface area contributed by atoms with Crippen molar-refractivity contribution >= 4 is 12.0 Å². The van der Waals surface area contributed by atoms with Gasteiger partial charge in [0.15, 0.2) is 0 Å². The number of hydrogen-bond acceptors (Lipinski definition) is 3. The highest BCUT2D eigenvalue weighted by molar-refractivity contribution is 5.75. The van der Waals surface area contributed by atoms with E-state index in [0.29, 0.717) is 31.5 Å². The number of carbonyl (C=O) groups is 2. The number of urea groups is 1. The van der Waals surface area contributed by atoms with Gasteiger partial charge in [-0.3, -0.25) is 9.69 Å². The number of hydrogen-bond donors (Lipinski definition) is 1. The van der Waals surface area contributed by atoms with Gasteiger partial charge in [0, 0.05) is 45.8 Å². The molecule has 0 radical (unpaired) electrons. The topological polar surface area (TPSA) is 64.1 Å². The molecule has 0 aromatic rings. The van der Waals surface area contributed by atoms with Crippen LogP contribution in [-0.2, 0) is 4.79 Å². The standard InChI is InChI=1S/C14H25N3O3/c1-11-9-17(10-12(11)2)14(20)16-7-5-15(6-8-16)4-3-13(18)19/h11-12H,3-10H2,1-2H3,(H,18,19). The van der Waals surface area contributed by atoms with Crippen molar-refractivity contribution in [2.24, 2.45) is 11.8 Å². The molecule has 0 spiro atoms. The van der Waals surface area contributed by atoms with E-state index in [1.165, 1.54) is 0 Å². The minimum absolute atomic E-state index is 0.152. The number of carboxylic acid groups (broad SMARTS) is 1. The summed E-state index contributed by atoms with van der Waals surface area (Å²) < 4.78 is 0. The third kappa shape index (κ3) is 3.62. The summed E-state index contributed by atoms with van der Waals surface area (Å²) in [5, 5.41) is 8.68. The van der Waals surface area contributed by atoms with Crippen LogP contribution in [-0.4, -0.2) is 77.6 Å². The summed E-state index contributed by atoms with van der Waals surface area (Å²) in [5.74, 6) is 0.398. The SMILES string of the molecule is CC1CN(C(=O)N2CCN(CCC(=O)O)CC2)CC1C. The molecule has 6 heteroatoms. The molecule has 6 nitrogen and oxygen atoms in total. The molecule has 0 aromatic heterocycles. The van der Waals surface area contributed by atoms with Crippen molar-refractivity contribution < 1.29 is 14.7 Å². The van der Waals surface area contributed by atoms with E-state index in [1.54, 1.807) is 0 Å². The van der Waals surface area contributed by atoms with Crippen LogP contribution in [0, 0.1) is 11.8 Å². The highest BCUT2D eigenvalue weighted by Gasteiger charge is 2.32.